The minimum Gasteiger partial charge on any atom is -0.493 e. The highest BCUT2D eigenvalue weighted by Gasteiger charge is 2.37. The van der Waals surface area contributed by atoms with E-state index in [1.54, 1.807) is 0 Å². The number of hydrogen-bond acceptors (Lipinski definition) is 5. The number of ether oxygens (including phenoxy) is 1. The van der Waals surface area contributed by atoms with Crippen LogP contribution in [-0.4, -0.2) is 29.8 Å². The summed E-state index contributed by atoms with van der Waals surface area (Å²) in [4.78, 5) is 4.71. The number of nitrogens with zero attached hydrogens (tertiary/aromatic N) is 2. The molecule has 0 amide bonds. The number of hydrogen-bond donors (Lipinski definition) is 1. The summed E-state index contributed by atoms with van der Waals surface area (Å²) in [6.45, 7) is 4.79. The lowest BCUT2D eigenvalue weighted by Gasteiger charge is -2.23. The molecule has 3 heterocycles. The summed E-state index contributed by atoms with van der Waals surface area (Å²) in [6, 6.07) is 8.12. The largest absolute Gasteiger partial charge is 0.493 e. The summed E-state index contributed by atoms with van der Waals surface area (Å²) in [5, 5.41) is 7.63. The Bertz CT molecular complexity index is 646. The summed E-state index contributed by atoms with van der Waals surface area (Å²) >= 11 is 0. The Labute approximate surface area is 123 Å². The van der Waals surface area contributed by atoms with Gasteiger partial charge in [0.2, 0.25) is 5.89 Å². The summed E-state index contributed by atoms with van der Waals surface area (Å²) in [5.74, 6) is 2.65. The molecular formula is C16H19N3O2. The van der Waals surface area contributed by atoms with Crippen LogP contribution in [0.25, 0.3) is 0 Å². The Balaban J connectivity index is 1.68. The van der Waals surface area contributed by atoms with Crippen LogP contribution in [0.5, 0.6) is 5.75 Å². The zero-order chi connectivity index (χ0) is 14.3. The van der Waals surface area contributed by atoms with Crippen molar-refractivity contribution in [1.82, 2.24) is 15.5 Å². The quantitative estimate of drug-likeness (QED) is 0.917. The van der Waals surface area contributed by atoms with E-state index in [-0.39, 0.29) is 11.3 Å². The Hall–Kier alpha value is -1.88. The third-order valence-electron chi connectivity index (χ3n) is 4.60. The number of benzene rings is 1. The molecular weight excluding hydrogens is 266 g/mol. The number of aromatic nitrogens is 2. The average Bonchev–Trinajstić information content (AvgIpc) is 3.16. The molecule has 0 spiro atoms. The van der Waals surface area contributed by atoms with E-state index in [2.05, 4.69) is 23.5 Å². The van der Waals surface area contributed by atoms with E-state index in [1.165, 1.54) is 0 Å². The standard InChI is InChI=1S/C16H19N3O2/c1-16(7-8-17-10-16)15-18-14(19-21-15)12-6-9-20-13-5-3-2-4-11(12)13/h2-5,12,17H,6-10H2,1H3. The van der Waals surface area contributed by atoms with Crippen molar-refractivity contribution in [3.05, 3.63) is 41.5 Å². The van der Waals surface area contributed by atoms with Crippen molar-refractivity contribution in [3.63, 3.8) is 0 Å². The van der Waals surface area contributed by atoms with Crippen LogP contribution in [0, 0.1) is 0 Å². The molecule has 1 aromatic carbocycles. The monoisotopic (exact) mass is 285 g/mol. The molecule has 0 saturated carbocycles. The molecule has 0 aliphatic carbocycles. The predicted molar refractivity (Wildman–Crippen MR) is 77.5 cm³/mol. The van der Waals surface area contributed by atoms with Crippen molar-refractivity contribution in [2.24, 2.45) is 0 Å². The van der Waals surface area contributed by atoms with E-state index in [0.29, 0.717) is 6.61 Å². The molecule has 2 unspecified atom stereocenters. The molecule has 0 bridgehead atoms. The lowest BCUT2D eigenvalue weighted by Crippen LogP contribution is -2.25. The number of fused-ring (bicyclic) bond motifs is 1. The van der Waals surface area contributed by atoms with Crippen LogP contribution in [0.1, 0.15) is 43.0 Å². The van der Waals surface area contributed by atoms with Crippen LogP contribution in [-0.2, 0) is 5.41 Å². The van der Waals surface area contributed by atoms with Crippen molar-refractivity contribution in [3.8, 4) is 5.75 Å². The maximum Gasteiger partial charge on any atom is 0.233 e. The van der Waals surface area contributed by atoms with Crippen LogP contribution in [0.4, 0.5) is 0 Å². The first-order valence-corrected chi connectivity index (χ1v) is 7.53. The van der Waals surface area contributed by atoms with Gasteiger partial charge in [-0.3, -0.25) is 0 Å². The van der Waals surface area contributed by atoms with Gasteiger partial charge in [-0.2, -0.15) is 4.98 Å². The van der Waals surface area contributed by atoms with Crippen LogP contribution in [0.3, 0.4) is 0 Å². The predicted octanol–water partition coefficient (Wildman–Crippen LogP) is 2.24. The molecule has 2 aliphatic heterocycles. The van der Waals surface area contributed by atoms with Crippen molar-refractivity contribution in [2.45, 2.75) is 31.1 Å². The van der Waals surface area contributed by atoms with Gasteiger partial charge in [0.15, 0.2) is 5.82 Å². The Kier molecular flexibility index (Phi) is 2.96. The van der Waals surface area contributed by atoms with Gasteiger partial charge < -0.3 is 14.6 Å². The van der Waals surface area contributed by atoms with Crippen molar-refractivity contribution >= 4 is 0 Å². The maximum absolute atomic E-state index is 5.71. The topological polar surface area (TPSA) is 60.2 Å². The molecule has 1 aromatic heterocycles. The molecule has 110 valence electrons. The van der Waals surface area contributed by atoms with E-state index in [0.717, 1.165) is 49.0 Å². The van der Waals surface area contributed by atoms with Gasteiger partial charge in [-0.05, 0) is 32.4 Å². The van der Waals surface area contributed by atoms with E-state index in [9.17, 15) is 0 Å². The fourth-order valence-electron chi connectivity index (χ4n) is 3.23. The minimum atomic E-state index is -0.0318. The van der Waals surface area contributed by atoms with Gasteiger partial charge >= 0.3 is 0 Å². The van der Waals surface area contributed by atoms with Gasteiger partial charge in [0.1, 0.15) is 5.75 Å². The average molecular weight is 285 g/mol. The lowest BCUT2D eigenvalue weighted by molar-refractivity contribution is 0.270. The third kappa shape index (κ3) is 2.12. The summed E-state index contributed by atoms with van der Waals surface area (Å²) in [6.07, 6.45) is 1.93. The molecule has 2 aromatic rings. The van der Waals surface area contributed by atoms with E-state index < -0.39 is 0 Å². The number of nitrogens with one attached hydrogen (secondary N) is 1. The highest BCUT2D eigenvalue weighted by atomic mass is 16.5. The van der Waals surface area contributed by atoms with Crippen molar-refractivity contribution < 1.29 is 9.26 Å². The fraction of sp³-hybridized carbons (Fsp3) is 0.500. The van der Waals surface area contributed by atoms with Crippen molar-refractivity contribution in [1.29, 1.82) is 0 Å². The van der Waals surface area contributed by atoms with Gasteiger partial charge in [-0.25, -0.2) is 0 Å². The van der Waals surface area contributed by atoms with E-state index in [4.69, 9.17) is 14.2 Å². The summed E-state index contributed by atoms with van der Waals surface area (Å²) < 4.78 is 11.3. The normalized spacial score (nSPS) is 28.1. The van der Waals surface area contributed by atoms with Crippen molar-refractivity contribution in [2.75, 3.05) is 19.7 Å². The first-order chi connectivity index (χ1) is 10.3. The molecule has 0 radical (unpaired) electrons. The summed E-state index contributed by atoms with van der Waals surface area (Å²) in [5.41, 5.74) is 1.13. The minimum absolute atomic E-state index is 0.0318. The molecule has 21 heavy (non-hydrogen) atoms. The Morgan fingerprint density at radius 2 is 2.24 bits per heavy atom. The second-order valence-corrected chi connectivity index (χ2v) is 6.17. The molecule has 1 saturated heterocycles. The second kappa shape index (κ2) is 4.84. The van der Waals surface area contributed by atoms with Gasteiger partial charge in [0.25, 0.3) is 0 Å². The number of para-hydroxylation sites is 1. The lowest BCUT2D eigenvalue weighted by atomic mass is 9.89. The zero-order valence-electron chi connectivity index (χ0n) is 12.1. The zero-order valence-corrected chi connectivity index (χ0v) is 12.1. The SMILES string of the molecule is CC1(c2nc(C3CCOc4ccccc43)no2)CCNC1. The van der Waals surface area contributed by atoms with Crippen LogP contribution >= 0.6 is 0 Å². The fourth-order valence-corrected chi connectivity index (χ4v) is 3.23. The second-order valence-electron chi connectivity index (χ2n) is 6.17. The van der Waals surface area contributed by atoms with E-state index in [1.807, 2.05) is 18.2 Å². The van der Waals surface area contributed by atoms with Crippen LogP contribution in [0.15, 0.2) is 28.8 Å². The van der Waals surface area contributed by atoms with Crippen LogP contribution < -0.4 is 10.1 Å². The molecule has 1 N–H and O–H groups in total. The first-order valence-electron chi connectivity index (χ1n) is 7.53. The smallest absolute Gasteiger partial charge is 0.233 e. The van der Waals surface area contributed by atoms with Crippen LogP contribution in [0.2, 0.25) is 0 Å². The third-order valence-corrected chi connectivity index (χ3v) is 4.60. The molecule has 4 rings (SSSR count). The van der Waals surface area contributed by atoms with Gasteiger partial charge in [-0.1, -0.05) is 23.4 Å². The molecule has 5 nitrogen and oxygen atoms in total. The molecule has 2 atom stereocenters. The number of rotatable bonds is 2. The Morgan fingerprint density at radius 3 is 3.10 bits per heavy atom. The van der Waals surface area contributed by atoms with Gasteiger partial charge in [0.05, 0.1) is 17.9 Å². The van der Waals surface area contributed by atoms with E-state index >= 15 is 0 Å². The molecule has 5 heteroatoms. The Morgan fingerprint density at radius 1 is 1.33 bits per heavy atom. The molecule has 1 fully saturated rings. The highest BCUT2D eigenvalue weighted by molar-refractivity contribution is 5.40. The highest BCUT2D eigenvalue weighted by Crippen LogP contribution is 2.38. The van der Waals surface area contributed by atoms with Gasteiger partial charge in [0, 0.05) is 12.1 Å². The maximum atomic E-state index is 5.71. The molecule has 2 aliphatic rings. The van der Waals surface area contributed by atoms with Gasteiger partial charge in [-0.15, -0.1) is 0 Å². The summed E-state index contributed by atoms with van der Waals surface area (Å²) in [7, 11) is 0. The first kappa shape index (κ1) is 12.8.